The molecule has 0 aliphatic rings. The highest BCUT2D eigenvalue weighted by molar-refractivity contribution is 9.10. The summed E-state index contributed by atoms with van der Waals surface area (Å²) in [4.78, 5) is 4.48. The minimum atomic E-state index is -0.212. The predicted molar refractivity (Wildman–Crippen MR) is 81.1 cm³/mol. The molecule has 1 N–H and O–H groups in total. The zero-order valence-corrected chi connectivity index (χ0v) is 13.3. The molecule has 2 nitrogen and oxygen atoms in total. The number of benzene rings is 1. The third kappa shape index (κ3) is 3.84. The van der Waals surface area contributed by atoms with E-state index in [1.807, 2.05) is 19.2 Å². The number of rotatable bonds is 5. The molecule has 1 aromatic carbocycles. The van der Waals surface area contributed by atoms with Gasteiger partial charge in [-0.1, -0.05) is 22.9 Å². The third-order valence-electron chi connectivity index (χ3n) is 2.83. The number of aryl methyl sites for hydroxylation is 1. The molecule has 0 bridgehead atoms. The molecule has 1 unspecified atom stereocenters. The van der Waals surface area contributed by atoms with Crippen molar-refractivity contribution in [1.82, 2.24) is 10.3 Å². The van der Waals surface area contributed by atoms with Gasteiger partial charge < -0.3 is 5.32 Å². The minimum absolute atomic E-state index is 0.0700. The lowest BCUT2D eigenvalue weighted by Gasteiger charge is -2.18. The quantitative estimate of drug-likeness (QED) is 0.878. The van der Waals surface area contributed by atoms with E-state index in [0.29, 0.717) is 0 Å². The van der Waals surface area contributed by atoms with Crippen molar-refractivity contribution in [3.8, 4) is 0 Å². The van der Waals surface area contributed by atoms with Crippen LogP contribution in [0.15, 0.2) is 28.1 Å². The summed E-state index contributed by atoms with van der Waals surface area (Å²) in [5.41, 5.74) is 1.98. The number of nitrogens with zero attached hydrogens (tertiary/aromatic N) is 1. The maximum Gasteiger partial charge on any atom is 0.123 e. The molecule has 0 amide bonds. The highest BCUT2D eigenvalue weighted by Gasteiger charge is 2.16. The fraction of sp³-hybridized carbons (Fsp3) is 0.357. The van der Waals surface area contributed by atoms with Crippen molar-refractivity contribution in [2.45, 2.75) is 26.3 Å². The Morgan fingerprint density at radius 3 is 2.89 bits per heavy atom. The molecule has 0 fully saturated rings. The molecule has 0 saturated heterocycles. The summed E-state index contributed by atoms with van der Waals surface area (Å²) in [6, 6.07) is 4.87. The zero-order chi connectivity index (χ0) is 13.8. The average Bonchev–Trinajstić information content (AvgIpc) is 2.77. The normalized spacial score (nSPS) is 12.6. The van der Waals surface area contributed by atoms with Crippen molar-refractivity contribution < 1.29 is 4.39 Å². The Morgan fingerprint density at radius 2 is 2.26 bits per heavy atom. The number of halogens is 2. The van der Waals surface area contributed by atoms with E-state index in [1.165, 1.54) is 6.07 Å². The van der Waals surface area contributed by atoms with E-state index in [4.69, 9.17) is 0 Å². The van der Waals surface area contributed by atoms with Gasteiger partial charge in [-0.05, 0) is 37.2 Å². The molecular weight excluding hydrogens is 327 g/mol. The van der Waals surface area contributed by atoms with Crippen LogP contribution in [-0.4, -0.2) is 11.5 Å². The van der Waals surface area contributed by atoms with Crippen LogP contribution < -0.4 is 5.32 Å². The molecule has 0 spiro atoms. The summed E-state index contributed by atoms with van der Waals surface area (Å²) >= 11 is 5.14. The number of aromatic nitrogens is 1. The second-order valence-corrected chi connectivity index (χ2v) is 6.16. The van der Waals surface area contributed by atoms with Gasteiger partial charge in [-0.2, -0.15) is 0 Å². The fourth-order valence-electron chi connectivity index (χ4n) is 1.99. The van der Waals surface area contributed by atoms with Crippen LogP contribution in [0.25, 0.3) is 0 Å². The van der Waals surface area contributed by atoms with Gasteiger partial charge in [0.15, 0.2) is 0 Å². The van der Waals surface area contributed by atoms with E-state index in [-0.39, 0.29) is 11.9 Å². The van der Waals surface area contributed by atoms with Crippen molar-refractivity contribution >= 4 is 27.3 Å². The Morgan fingerprint density at radius 1 is 1.47 bits per heavy atom. The summed E-state index contributed by atoms with van der Waals surface area (Å²) in [6.07, 6.45) is 0.772. The van der Waals surface area contributed by atoms with Gasteiger partial charge in [0, 0.05) is 28.0 Å². The first kappa shape index (κ1) is 14.6. The van der Waals surface area contributed by atoms with Crippen molar-refractivity contribution in [3.05, 3.63) is 50.1 Å². The molecule has 19 heavy (non-hydrogen) atoms. The van der Waals surface area contributed by atoms with Crippen LogP contribution in [0, 0.1) is 12.7 Å². The van der Waals surface area contributed by atoms with Gasteiger partial charge in [-0.3, -0.25) is 0 Å². The van der Waals surface area contributed by atoms with Crippen LogP contribution in [0.3, 0.4) is 0 Å². The van der Waals surface area contributed by atoms with Crippen LogP contribution in [0.4, 0.5) is 4.39 Å². The second kappa shape index (κ2) is 6.59. The summed E-state index contributed by atoms with van der Waals surface area (Å²) < 4.78 is 14.4. The molecule has 2 aromatic rings. The first-order chi connectivity index (χ1) is 9.10. The molecule has 2 rings (SSSR count). The van der Waals surface area contributed by atoms with Gasteiger partial charge in [-0.25, -0.2) is 9.37 Å². The molecule has 1 heterocycles. The summed E-state index contributed by atoms with van der Waals surface area (Å²) in [5.74, 6) is -0.212. The maximum absolute atomic E-state index is 13.4. The Bertz CT molecular complexity index is 556. The Balaban J connectivity index is 2.26. The Kier molecular flexibility index (Phi) is 5.07. The molecule has 102 valence electrons. The van der Waals surface area contributed by atoms with Crippen LogP contribution in [0.1, 0.15) is 29.2 Å². The van der Waals surface area contributed by atoms with Gasteiger partial charge in [0.1, 0.15) is 5.82 Å². The topological polar surface area (TPSA) is 24.9 Å². The molecule has 0 aliphatic heterocycles. The first-order valence-electron chi connectivity index (χ1n) is 6.19. The molecular formula is C14H16BrFN2S. The first-order valence-corrected chi connectivity index (χ1v) is 7.86. The molecule has 5 heteroatoms. The summed E-state index contributed by atoms with van der Waals surface area (Å²) in [5, 5.41) is 6.50. The van der Waals surface area contributed by atoms with Crippen LogP contribution in [0.2, 0.25) is 0 Å². The van der Waals surface area contributed by atoms with E-state index < -0.39 is 0 Å². The van der Waals surface area contributed by atoms with Crippen molar-refractivity contribution in [1.29, 1.82) is 0 Å². The van der Waals surface area contributed by atoms with Gasteiger partial charge in [0.25, 0.3) is 0 Å². The fourth-order valence-corrected chi connectivity index (χ4v) is 3.33. The van der Waals surface area contributed by atoms with E-state index in [2.05, 4.69) is 26.2 Å². The predicted octanol–water partition coefficient (Wildman–Crippen LogP) is 4.25. The Hall–Kier alpha value is -0.780. The number of nitrogens with one attached hydrogen (secondary N) is 1. The average molecular weight is 343 g/mol. The van der Waals surface area contributed by atoms with Crippen LogP contribution in [-0.2, 0) is 6.42 Å². The molecule has 1 atom stereocenters. The lowest BCUT2D eigenvalue weighted by Crippen LogP contribution is -2.23. The second-order valence-electron chi connectivity index (χ2n) is 4.36. The molecule has 0 aliphatic carbocycles. The lowest BCUT2D eigenvalue weighted by atomic mass is 10.0. The molecule has 0 radical (unpaired) electrons. The van der Waals surface area contributed by atoms with E-state index in [1.54, 1.807) is 23.5 Å². The largest absolute Gasteiger partial charge is 0.310 e. The number of hydrogen-bond donors (Lipinski definition) is 1. The lowest BCUT2D eigenvalue weighted by molar-refractivity contribution is 0.539. The summed E-state index contributed by atoms with van der Waals surface area (Å²) in [6.45, 7) is 4.87. The number of hydrogen-bond acceptors (Lipinski definition) is 3. The highest BCUT2D eigenvalue weighted by Crippen LogP contribution is 2.27. The maximum atomic E-state index is 13.4. The van der Waals surface area contributed by atoms with Crippen LogP contribution in [0.5, 0.6) is 0 Å². The summed E-state index contributed by atoms with van der Waals surface area (Å²) in [7, 11) is 0. The van der Waals surface area contributed by atoms with Gasteiger partial charge in [-0.15, -0.1) is 11.3 Å². The van der Waals surface area contributed by atoms with Crippen molar-refractivity contribution in [3.63, 3.8) is 0 Å². The zero-order valence-electron chi connectivity index (χ0n) is 10.9. The standard InChI is InChI=1S/C14H16BrFN2S/c1-3-17-13(7-14-18-9(2)8-19-14)11-6-10(16)4-5-12(11)15/h4-6,8,13,17H,3,7H2,1-2H3. The van der Waals surface area contributed by atoms with E-state index >= 15 is 0 Å². The van der Waals surface area contributed by atoms with Gasteiger partial charge in [0.2, 0.25) is 0 Å². The number of thiazole rings is 1. The van der Waals surface area contributed by atoms with Crippen LogP contribution >= 0.6 is 27.3 Å². The smallest absolute Gasteiger partial charge is 0.123 e. The van der Waals surface area contributed by atoms with E-state index in [0.717, 1.165) is 33.7 Å². The minimum Gasteiger partial charge on any atom is -0.310 e. The van der Waals surface area contributed by atoms with E-state index in [9.17, 15) is 4.39 Å². The van der Waals surface area contributed by atoms with Gasteiger partial charge in [0.05, 0.1) is 5.01 Å². The van der Waals surface area contributed by atoms with Crippen molar-refractivity contribution in [2.24, 2.45) is 0 Å². The van der Waals surface area contributed by atoms with Gasteiger partial charge >= 0.3 is 0 Å². The third-order valence-corrected chi connectivity index (χ3v) is 4.54. The van der Waals surface area contributed by atoms with Crippen molar-refractivity contribution in [2.75, 3.05) is 6.54 Å². The molecule has 0 saturated carbocycles. The monoisotopic (exact) mass is 342 g/mol. The highest BCUT2D eigenvalue weighted by atomic mass is 79.9. The SMILES string of the molecule is CCNC(Cc1nc(C)cs1)c1cc(F)ccc1Br. The number of likely N-dealkylation sites (N-methyl/N-ethyl adjacent to an activating group) is 1. The Labute approximate surface area is 125 Å². The molecule has 1 aromatic heterocycles.